The van der Waals surface area contributed by atoms with E-state index in [2.05, 4.69) is 11.0 Å². The van der Waals surface area contributed by atoms with Gasteiger partial charge in [0, 0.05) is 19.2 Å². The molecular formula is C22H26N2O4. The predicted octanol–water partition coefficient (Wildman–Crippen LogP) is 2.59. The first kappa shape index (κ1) is 18.7. The number of hydrogen-bond donors (Lipinski definition) is 0. The molecule has 4 rings (SSSR count). The number of carbonyl (C=O) groups is 1. The van der Waals surface area contributed by atoms with Crippen LogP contribution in [0.5, 0.6) is 5.75 Å². The van der Waals surface area contributed by atoms with Crippen molar-refractivity contribution in [2.45, 2.75) is 38.8 Å². The van der Waals surface area contributed by atoms with Gasteiger partial charge in [-0.05, 0) is 43.5 Å². The zero-order chi connectivity index (χ0) is 19.3. The van der Waals surface area contributed by atoms with Gasteiger partial charge in [-0.3, -0.25) is 14.5 Å². The molecule has 0 unspecified atom stereocenters. The molecule has 0 spiro atoms. The normalized spacial score (nSPS) is 17.2. The molecule has 0 saturated carbocycles. The average Bonchev–Trinajstić information content (AvgIpc) is 2.73. The van der Waals surface area contributed by atoms with Crippen molar-refractivity contribution in [2.24, 2.45) is 0 Å². The predicted molar refractivity (Wildman–Crippen MR) is 105 cm³/mol. The van der Waals surface area contributed by atoms with Crippen LogP contribution in [0.1, 0.15) is 36.1 Å². The second-order valence-corrected chi connectivity index (χ2v) is 7.53. The number of ether oxygens (including phenoxy) is 1. The lowest BCUT2D eigenvalue weighted by Gasteiger charge is -2.28. The van der Waals surface area contributed by atoms with E-state index in [0.29, 0.717) is 25.4 Å². The molecule has 0 atom stereocenters. The molecule has 2 aromatic rings. The summed E-state index contributed by atoms with van der Waals surface area (Å²) in [5.41, 5.74) is 2.22. The Morgan fingerprint density at radius 2 is 1.86 bits per heavy atom. The van der Waals surface area contributed by atoms with E-state index in [0.717, 1.165) is 19.5 Å². The topological polar surface area (TPSA) is 63.0 Å². The number of carbonyl (C=O) groups excluding carboxylic acids is 1. The third-order valence-electron chi connectivity index (χ3n) is 5.51. The van der Waals surface area contributed by atoms with Crippen LogP contribution in [0.15, 0.2) is 45.8 Å². The Balaban J connectivity index is 1.32. The minimum Gasteiger partial charge on any atom is -0.477 e. The lowest BCUT2D eigenvalue weighted by molar-refractivity contribution is -0.134. The maximum Gasteiger partial charge on any atom is 0.260 e. The molecular weight excluding hydrogens is 356 g/mol. The van der Waals surface area contributed by atoms with E-state index in [1.54, 1.807) is 4.90 Å². The Hall–Kier alpha value is -2.60. The summed E-state index contributed by atoms with van der Waals surface area (Å²) in [5.74, 6) is 0.609. The van der Waals surface area contributed by atoms with E-state index in [4.69, 9.17) is 9.15 Å². The van der Waals surface area contributed by atoms with E-state index in [1.165, 1.54) is 42.7 Å². The molecule has 1 aromatic heterocycles. The van der Waals surface area contributed by atoms with E-state index >= 15 is 0 Å². The van der Waals surface area contributed by atoms with Crippen LogP contribution in [0.25, 0.3) is 0 Å². The molecule has 148 valence electrons. The summed E-state index contributed by atoms with van der Waals surface area (Å²) >= 11 is 0. The Labute approximate surface area is 164 Å². The van der Waals surface area contributed by atoms with Crippen molar-refractivity contribution >= 4 is 5.91 Å². The quantitative estimate of drug-likeness (QED) is 0.795. The van der Waals surface area contributed by atoms with E-state index < -0.39 is 0 Å². The lowest BCUT2D eigenvalue weighted by atomic mass is 10.00. The van der Waals surface area contributed by atoms with Crippen molar-refractivity contribution in [2.75, 3.05) is 26.2 Å². The monoisotopic (exact) mass is 382 g/mol. The SMILES string of the molecule is O=C(COc1coc(CN2CCCCC2)cc1=O)N1CCc2ccccc2C1. The summed E-state index contributed by atoms with van der Waals surface area (Å²) in [7, 11) is 0. The van der Waals surface area contributed by atoms with Crippen molar-refractivity contribution in [3.05, 3.63) is 63.7 Å². The van der Waals surface area contributed by atoms with Crippen LogP contribution in [0.3, 0.4) is 0 Å². The summed E-state index contributed by atoms with van der Waals surface area (Å²) in [6.45, 7) is 3.81. The molecule has 28 heavy (non-hydrogen) atoms. The lowest BCUT2D eigenvalue weighted by Crippen LogP contribution is -2.39. The molecule has 1 saturated heterocycles. The number of benzene rings is 1. The maximum atomic E-state index is 12.5. The highest BCUT2D eigenvalue weighted by Crippen LogP contribution is 2.19. The van der Waals surface area contributed by atoms with Crippen LogP contribution in [0, 0.1) is 0 Å². The standard InChI is InChI=1S/C22H26N2O4/c25-20-12-19(14-23-9-4-1-5-10-23)27-15-21(20)28-16-22(26)24-11-8-17-6-2-3-7-18(17)13-24/h2-3,6-7,12,15H,1,4-5,8-11,13-14,16H2. The van der Waals surface area contributed by atoms with Crippen molar-refractivity contribution in [1.82, 2.24) is 9.80 Å². The van der Waals surface area contributed by atoms with Crippen LogP contribution < -0.4 is 10.2 Å². The third kappa shape index (κ3) is 4.44. The highest BCUT2D eigenvalue weighted by Gasteiger charge is 2.21. The van der Waals surface area contributed by atoms with Gasteiger partial charge in [-0.25, -0.2) is 0 Å². The van der Waals surface area contributed by atoms with E-state index in [9.17, 15) is 9.59 Å². The van der Waals surface area contributed by atoms with Crippen LogP contribution in [0.4, 0.5) is 0 Å². The molecule has 0 aliphatic carbocycles. The van der Waals surface area contributed by atoms with Gasteiger partial charge in [-0.15, -0.1) is 0 Å². The molecule has 6 heteroatoms. The highest BCUT2D eigenvalue weighted by molar-refractivity contribution is 5.78. The summed E-state index contributed by atoms with van der Waals surface area (Å²) in [4.78, 5) is 28.9. The number of amides is 1. The molecule has 0 bridgehead atoms. The Kier molecular flexibility index (Phi) is 5.76. The average molecular weight is 382 g/mol. The van der Waals surface area contributed by atoms with Gasteiger partial charge in [0.25, 0.3) is 5.91 Å². The molecule has 1 fully saturated rings. The highest BCUT2D eigenvalue weighted by atomic mass is 16.5. The number of hydrogen-bond acceptors (Lipinski definition) is 5. The van der Waals surface area contributed by atoms with Gasteiger partial charge in [0.2, 0.25) is 11.2 Å². The Bertz CT molecular complexity index is 886. The van der Waals surface area contributed by atoms with Crippen LogP contribution in [-0.2, 0) is 24.3 Å². The fourth-order valence-electron chi connectivity index (χ4n) is 3.90. The van der Waals surface area contributed by atoms with Crippen LogP contribution >= 0.6 is 0 Å². The zero-order valence-corrected chi connectivity index (χ0v) is 16.1. The first-order chi connectivity index (χ1) is 13.7. The number of likely N-dealkylation sites (tertiary alicyclic amines) is 1. The van der Waals surface area contributed by atoms with Gasteiger partial charge in [0.1, 0.15) is 12.0 Å². The van der Waals surface area contributed by atoms with Gasteiger partial charge in [0.15, 0.2) is 6.61 Å². The van der Waals surface area contributed by atoms with Gasteiger partial charge in [0.05, 0.1) is 6.54 Å². The van der Waals surface area contributed by atoms with Gasteiger partial charge in [-0.1, -0.05) is 30.7 Å². The number of fused-ring (bicyclic) bond motifs is 1. The first-order valence-electron chi connectivity index (χ1n) is 10.0. The molecule has 0 radical (unpaired) electrons. The second-order valence-electron chi connectivity index (χ2n) is 7.53. The van der Waals surface area contributed by atoms with Gasteiger partial charge >= 0.3 is 0 Å². The van der Waals surface area contributed by atoms with Crippen molar-refractivity contribution in [3.63, 3.8) is 0 Å². The fourth-order valence-corrected chi connectivity index (χ4v) is 3.90. The molecule has 1 amide bonds. The van der Waals surface area contributed by atoms with E-state index in [1.807, 2.05) is 18.2 Å². The van der Waals surface area contributed by atoms with Crippen LogP contribution in [-0.4, -0.2) is 41.9 Å². The maximum absolute atomic E-state index is 12.5. The summed E-state index contributed by atoms with van der Waals surface area (Å²) in [6, 6.07) is 9.63. The fraction of sp³-hybridized carbons (Fsp3) is 0.455. The Morgan fingerprint density at radius 3 is 2.64 bits per heavy atom. The first-order valence-corrected chi connectivity index (χ1v) is 10.0. The summed E-state index contributed by atoms with van der Waals surface area (Å²) < 4.78 is 11.0. The molecule has 6 nitrogen and oxygen atoms in total. The van der Waals surface area contributed by atoms with Gasteiger partial charge < -0.3 is 14.1 Å². The molecule has 2 aliphatic rings. The summed E-state index contributed by atoms with van der Waals surface area (Å²) in [5, 5.41) is 0. The zero-order valence-electron chi connectivity index (χ0n) is 16.1. The van der Waals surface area contributed by atoms with Gasteiger partial charge in [-0.2, -0.15) is 0 Å². The summed E-state index contributed by atoms with van der Waals surface area (Å²) in [6.07, 6.45) is 5.82. The smallest absolute Gasteiger partial charge is 0.260 e. The molecule has 3 heterocycles. The minimum absolute atomic E-state index is 0.0909. The largest absolute Gasteiger partial charge is 0.477 e. The number of nitrogens with zero attached hydrogens (tertiary/aromatic N) is 2. The number of rotatable bonds is 5. The molecule has 2 aliphatic heterocycles. The molecule has 0 N–H and O–H groups in total. The second kappa shape index (κ2) is 8.61. The third-order valence-corrected chi connectivity index (χ3v) is 5.51. The minimum atomic E-state index is -0.241. The Morgan fingerprint density at radius 1 is 1.07 bits per heavy atom. The van der Waals surface area contributed by atoms with E-state index in [-0.39, 0.29) is 23.7 Å². The van der Waals surface area contributed by atoms with Crippen molar-refractivity contribution in [3.8, 4) is 5.75 Å². The van der Waals surface area contributed by atoms with Crippen molar-refractivity contribution < 1.29 is 13.9 Å². The van der Waals surface area contributed by atoms with Crippen LogP contribution in [0.2, 0.25) is 0 Å². The van der Waals surface area contributed by atoms with Crippen molar-refractivity contribution in [1.29, 1.82) is 0 Å². The number of piperidine rings is 1. The molecule has 1 aromatic carbocycles.